The highest BCUT2D eigenvalue weighted by atomic mass is 16.5. The van der Waals surface area contributed by atoms with Crippen LogP contribution in [0, 0.1) is 12.1 Å². The summed E-state index contributed by atoms with van der Waals surface area (Å²) in [6.07, 6.45) is 1.52. The maximum Gasteiger partial charge on any atom is 0.223 e. The van der Waals surface area contributed by atoms with Gasteiger partial charge in [0.1, 0.15) is 0 Å². The van der Waals surface area contributed by atoms with Gasteiger partial charge in [-0.05, 0) is 18.6 Å². The molecule has 0 aliphatic heterocycles. The van der Waals surface area contributed by atoms with E-state index in [1.165, 1.54) is 6.20 Å². The van der Waals surface area contributed by atoms with Gasteiger partial charge in [-0.3, -0.25) is 0 Å². The van der Waals surface area contributed by atoms with Gasteiger partial charge >= 0.3 is 0 Å². The molecule has 0 N–H and O–H groups in total. The van der Waals surface area contributed by atoms with E-state index in [1.807, 2.05) is 31.2 Å². The summed E-state index contributed by atoms with van der Waals surface area (Å²) in [4.78, 5) is 0. The molecule has 0 spiro atoms. The lowest BCUT2D eigenvalue weighted by molar-refractivity contribution is -0.577. The van der Waals surface area contributed by atoms with Gasteiger partial charge in [-0.15, -0.1) is 0 Å². The van der Waals surface area contributed by atoms with Gasteiger partial charge in [0.25, 0.3) is 0 Å². The normalized spacial score (nSPS) is 10.4. The fraction of sp³-hybridized carbons (Fsp3) is 0.100. The fourth-order valence-corrected chi connectivity index (χ4v) is 1.37. The molecule has 0 unspecified atom stereocenters. The molecule has 0 aliphatic rings. The lowest BCUT2D eigenvalue weighted by atomic mass is 10.1. The Labute approximate surface area is 70.7 Å². The highest BCUT2D eigenvalue weighted by Crippen LogP contribution is 2.13. The summed E-state index contributed by atoms with van der Waals surface area (Å²) in [6.45, 7) is 2.00. The van der Waals surface area contributed by atoms with E-state index in [4.69, 9.17) is 0 Å². The van der Waals surface area contributed by atoms with Crippen molar-refractivity contribution < 1.29 is 4.73 Å². The molecular formula is C10H9NO. The second kappa shape index (κ2) is 2.48. The molecule has 1 aromatic carbocycles. The maximum atomic E-state index is 11.2. The van der Waals surface area contributed by atoms with Crippen molar-refractivity contribution in [1.29, 1.82) is 0 Å². The summed E-state index contributed by atoms with van der Waals surface area (Å²) in [6, 6.07) is 9.45. The average Bonchev–Trinajstić information content (AvgIpc) is 2.07. The molecule has 2 aromatic rings. The first-order chi connectivity index (χ1) is 5.79. The molecule has 0 atom stereocenters. The molecule has 2 nitrogen and oxygen atoms in total. The molecule has 0 saturated heterocycles. The summed E-state index contributed by atoms with van der Waals surface area (Å²) >= 11 is 0. The standard InChI is InChI=1S/C10H9NO/c1-8-4-2-6-10-9(8)5-3-7-11(10)12/h2-7H,1H3. The Morgan fingerprint density at radius 1 is 1.17 bits per heavy atom. The van der Waals surface area contributed by atoms with E-state index in [0.717, 1.165) is 21.2 Å². The first kappa shape index (κ1) is 7.10. The smallest absolute Gasteiger partial charge is 0.223 e. The summed E-state index contributed by atoms with van der Waals surface area (Å²) < 4.78 is 0.891. The Kier molecular flexibility index (Phi) is 1.47. The third-order valence-electron chi connectivity index (χ3n) is 2.02. The van der Waals surface area contributed by atoms with Crippen LogP contribution in [0.1, 0.15) is 5.56 Å². The third-order valence-corrected chi connectivity index (χ3v) is 2.02. The minimum atomic E-state index is 0.734. The molecule has 0 saturated carbocycles. The molecule has 1 aromatic heterocycles. The van der Waals surface area contributed by atoms with E-state index in [1.54, 1.807) is 6.07 Å². The van der Waals surface area contributed by atoms with E-state index >= 15 is 0 Å². The van der Waals surface area contributed by atoms with E-state index in [0.29, 0.717) is 0 Å². The molecular weight excluding hydrogens is 150 g/mol. The first-order valence-corrected chi connectivity index (χ1v) is 3.86. The van der Waals surface area contributed by atoms with Gasteiger partial charge in [0.2, 0.25) is 5.52 Å². The van der Waals surface area contributed by atoms with Crippen molar-refractivity contribution in [3.63, 3.8) is 0 Å². The molecule has 0 radical (unpaired) electrons. The number of aromatic nitrogens is 1. The first-order valence-electron chi connectivity index (χ1n) is 3.86. The number of hydrogen-bond acceptors (Lipinski definition) is 1. The number of nitrogens with zero attached hydrogens (tertiary/aromatic N) is 1. The monoisotopic (exact) mass is 159 g/mol. The lowest BCUT2D eigenvalue weighted by Crippen LogP contribution is -2.25. The van der Waals surface area contributed by atoms with Gasteiger partial charge < -0.3 is 5.21 Å². The van der Waals surface area contributed by atoms with E-state index < -0.39 is 0 Å². The minimum Gasteiger partial charge on any atom is -0.618 e. The largest absolute Gasteiger partial charge is 0.618 e. The molecule has 60 valence electrons. The minimum absolute atomic E-state index is 0.734. The zero-order valence-electron chi connectivity index (χ0n) is 6.82. The van der Waals surface area contributed by atoms with E-state index in [-0.39, 0.29) is 0 Å². The molecule has 0 bridgehead atoms. The van der Waals surface area contributed by atoms with Crippen LogP contribution in [0.5, 0.6) is 0 Å². The van der Waals surface area contributed by atoms with E-state index in [9.17, 15) is 5.21 Å². The summed E-state index contributed by atoms with van der Waals surface area (Å²) in [5, 5.41) is 12.3. The van der Waals surface area contributed by atoms with E-state index in [2.05, 4.69) is 0 Å². The quantitative estimate of drug-likeness (QED) is 0.425. The predicted molar refractivity (Wildman–Crippen MR) is 47.6 cm³/mol. The van der Waals surface area contributed by atoms with Crippen LogP contribution >= 0.6 is 0 Å². The number of fused-ring (bicyclic) bond motifs is 1. The fourth-order valence-electron chi connectivity index (χ4n) is 1.37. The molecule has 0 amide bonds. The van der Waals surface area contributed by atoms with Crippen molar-refractivity contribution in [2.24, 2.45) is 0 Å². The van der Waals surface area contributed by atoms with Crippen LogP contribution in [0.25, 0.3) is 10.9 Å². The van der Waals surface area contributed by atoms with Gasteiger partial charge in [-0.2, -0.15) is 4.73 Å². The number of rotatable bonds is 0. The zero-order valence-corrected chi connectivity index (χ0v) is 6.82. The summed E-state index contributed by atoms with van der Waals surface area (Å²) in [5.41, 5.74) is 1.87. The Bertz CT molecular complexity index is 382. The molecule has 0 aliphatic carbocycles. The molecule has 2 heteroatoms. The number of pyridine rings is 1. The van der Waals surface area contributed by atoms with Gasteiger partial charge in [0, 0.05) is 12.1 Å². The molecule has 0 fully saturated rings. The Hall–Kier alpha value is -1.57. The highest BCUT2D eigenvalue weighted by molar-refractivity contribution is 5.79. The van der Waals surface area contributed by atoms with Crippen molar-refractivity contribution in [1.82, 2.24) is 0 Å². The molecule has 12 heavy (non-hydrogen) atoms. The molecule has 2 rings (SSSR count). The SMILES string of the molecule is Cc1cccc2c1ccc[n+]2[O-]. The van der Waals surface area contributed by atoms with Crippen molar-refractivity contribution in [3.05, 3.63) is 47.3 Å². The Morgan fingerprint density at radius 2 is 2.00 bits per heavy atom. The average molecular weight is 159 g/mol. The van der Waals surface area contributed by atoms with Gasteiger partial charge in [0.05, 0.1) is 5.39 Å². The zero-order chi connectivity index (χ0) is 8.55. The second-order valence-electron chi connectivity index (χ2n) is 2.84. The second-order valence-corrected chi connectivity index (χ2v) is 2.84. The van der Waals surface area contributed by atoms with Crippen molar-refractivity contribution >= 4 is 10.9 Å². The van der Waals surface area contributed by atoms with Crippen LogP contribution in [0.4, 0.5) is 0 Å². The predicted octanol–water partition coefficient (Wildman–Crippen LogP) is 1.78. The Balaban J connectivity index is 2.94. The van der Waals surface area contributed by atoms with Crippen LogP contribution < -0.4 is 4.73 Å². The topological polar surface area (TPSA) is 26.9 Å². The van der Waals surface area contributed by atoms with Crippen molar-refractivity contribution in [2.45, 2.75) is 6.92 Å². The number of benzene rings is 1. The van der Waals surface area contributed by atoms with Gasteiger partial charge in [0.15, 0.2) is 6.20 Å². The van der Waals surface area contributed by atoms with Crippen LogP contribution in [-0.2, 0) is 0 Å². The molecule has 1 heterocycles. The van der Waals surface area contributed by atoms with Gasteiger partial charge in [-0.1, -0.05) is 12.1 Å². The van der Waals surface area contributed by atoms with Crippen molar-refractivity contribution in [2.75, 3.05) is 0 Å². The summed E-state index contributed by atoms with van der Waals surface area (Å²) in [7, 11) is 0. The number of aryl methyl sites for hydroxylation is 1. The highest BCUT2D eigenvalue weighted by Gasteiger charge is 2.02. The van der Waals surface area contributed by atoms with Crippen LogP contribution in [-0.4, -0.2) is 0 Å². The van der Waals surface area contributed by atoms with Crippen molar-refractivity contribution in [3.8, 4) is 0 Å². The summed E-state index contributed by atoms with van der Waals surface area (Å²) in [5.74, 6) is 0. The van der Waals surface area contributed by atoms with Crippen LogP contribution in [0.15, 0.2) is 36.5 Å². The Morgan fingerprint density at radius 3 is 2.75 bits per heavy atom. The lowest BCUT2D eigenvalue weighted by Gasteiger charge is -2.01. The van der Waals surface area contributed by atoms with Gasteiger partial charge in [-0.25, -0.2) is 0 Å². The number of hydrogen-bond donors (Lipinski definition) is 0. The maximum absolute atomic E-state index is 11.2. The third kappa shape index (κ3) is 0.925. The van der Waals surface area contributed by atoms with Crippen LogP contribution in [0.2, 0.25) is 0 Å². The van der Waals surface area contributed by atoms with Crippen LogP contribution in [0.3, 0.4) is 0 Å².